The summed E-state index contributed by atoms with van der Waals surface area (Å²) < 4.78 is 8.08. The lowest BCUT2D eigenvalue weighted by Gasteiger charge is -2.20. The Morgan fingerprint density at radius 2 is 1.95 bits per heavy atom. The average Bonchev–Trinajstić information content (AvgIpc) is 3.86. The van der Waals surface area contributed by atoms with E-state index in [9.17, 15) is 0 Å². The molecule has 0 atom stereocenters. The predicted molar refractivity (Wildman–Crippen MR) is 148 cm³/mol. The number of nitrogens with zero attached hydrogens (tertiary/aromatic N) is 5. The lowest BCUT2D eigenvalue weighted by Crippen LogP contribution is -2.11. The van der Waals surface area contributed by atoms with Gasteiger partial charge in [0, 0.05) is 36.6 Å². The number of nitrogens with one attached hydrogen (secondary N) is 1. The first-order valence-corrected chi connectivity index (χ1v) is 13.3. The maximum Gasteiger partial charge on any atom is 0.218 e. The van der Waals surface area contributed by atoms with Gasteiger partial charge >= 0.3 is 0 Å². The van der Waals surface area contributed by atoms with Gasteiger partial charge in [0.05, 0.1) is 5.69 Å². The first-order chi connectivity index (χ1) is 18.5. The fourth-order valence-corrected chi connectivity index (χ4v) is 5.45. The lowest BCUT2D eigenvalue weighted by molar-refractivity contribution is 0.289. The van der Waals surface area contributed by atoms with Gasteiger partial charge in [0.2, 0.25) is 5.88 Å². The van der Waals surface area contributed by atoms with E-state index in [4.69, 9.17) is 10.5 Å². The van der Waals surface area contributed by atoms with Gasteiger partial charge in [-0.1, -0.05) is 13.0 Å². The van der Waals surface area contributed by atoms with Crippen molar-refractivity contribution in [3.63, 3.8) is 0 Å². The minimum absolute atomic E-state index is 0.202. The number of aromatic nitrogens is 5. The topological polar surface area (TPSA) is 103 Å². The quantitative estimate of drug-likeness (QED) is 0.279. The third-order valence-corrected chi connectivity index (χ3v) is 8.14. The molecule has 192 valence electrons. The van der Waals surface area contributed by atoms with Crippen molar-refractivity contribution in [2.75, 3.05) is 5.32 Å². The molecule has 0 amide bonds. The molecule has 38 heavy (non-hydrogen) atoms. The van der Waals surface area contributed by atoms with E-state index in [0.717, 1.165) is 27.9 Å². The normalized spacial score (nSPS) is 16.2. The number of ether oxygens (including phenoxy) is 1. The molecule has 7 rings (SSSR count). The zero-order chi connectivity index (χ0) is 25.9. The molecule has 2 fully saturated rings. The number of nitrogens with two attached hydrogens (primary N) is 1. The maximum atomic E-state index is 6.19. The summed E-state index contributed by atoms with van der Waals surface area (Å²) in [5.74, 6) is 2.57. The largest absolute Gasteiger partial charge is 0.471 e. The van der Waals surface area contributed by atoms with Crippen LogP contribution in [0.1, 0.15) is 66.5 Å². The molecular weight excluding hydrogens is 474 g/mol. The molecule has 2 saturated carbocycles. The molecule has 2 aliphatic carbocycles. The Bertz CT molecular complexity index is 1680. The number of pyridine rings is 2. The Morgan fingerprint density at radius 1 is 1.08 bits per heavy atom. The summed E-state index contributed by atoms with van der Waals surface area (Å²) in [5.41, 5.74) is 13.4. The molecule has 8 heteroatoms. The summed E-state index contributed by atoms with van der Waals surface area (Å²) in [6, 6.07) is 10.4. The summed E-state index contributed by atoms with van der Waals surface area (Å²) in [6.07, 6.45) is 12.5. The van der Waals surface area contributed by atoms with E-state index in [-0.39, 0.29) is 5.41 Å². The zero-order valence-electron chi connectivity index (χ0n) is 21.7. The monoisotopic (exact) mass is 505 g/mol. The molecule has 0 aliphatic heterocycles. The minimum Gasteiger partial charge on any atom is -0.471 e. The van der Waals surface area contributed by atoms with Crippen molar-refractivity contribution in [3.8, 4) is 5.88 Å². The lowest BCUT2D eigenvalue weighted by atomic mass is 9.87. The molecule has 5 aromatic rings. The molecule has 0 bridgehead atoms. The van der Waals surface area contributed by atoms with Crippen LogP contribution >= 0.6 is 0 Å². The minimum atomic E-state index is 0.202. The molecule has 0 unspecified atom stereocenters. The number of benzene rings is 1. The third-order valence-electron chi connectivity index (χ3n) is 8.14. The number of imidazole rings is 1. The Labute approximate surface area is 221 Å². The van der Waals surface area contributed by atoms with Crippen molar-refractivity contribution < 1.29 is 4.74 Å². The highest BCUT2D eigenvalue weighted by atomic mass is 16.5. The first-order valence-electron chi connectivity index (χ1n) is 13.3. The van der Waals surface area contributed by atoms with E-state index in [0.29, 0.717) is 30.8 Å². The third kappa shape index (κ3) is 4.15. The van der Waals surface area contributed by atoms with Crippen molar-refractivity contribution in [2.24, 2.45) is 5.73 Å². The molecule has 2 aliphatic rings. The molecule has 1 aromatic carbocycles. The van der Waals surface area contributed by atoms with E-state index in [2.05, 4.69) is 74.0 Å². The van der Waals surface area contributed by atoms with Crippen molar-refractivity contribution in [2.45, 2.75) is 64.0 Å². The average molecular weight is 506 g/mol. The highest BCUT2D eigenvalue weighted by molar-refractivity contribution is 5.96. The van der Waals surface area contributed by atoms with Gasteiger partial charge in [-0.15, -0.1) is 0 Å². The number of anilines is 2. The summed E-state index contributed by atoms with van der Waals surface area (Å²) >= 11 is 0. The highest BCUT2D eigenvalue weighted by Crippen LogP contribution is 2.50. The van der Waals surface area contributed by atoms with Gasteiger partial charge in [0.15, 0.2) is 0 Å². The standard InChI is InChI=1S/C30H31N7O/c1-18-22-7-10-32-29(23(22)11-25(24(18)13-31)30(2)8-9-30)36-26-12-28(34-17-33-26)38-16-21-15-37-14-20(19-3-4-19)5-6-27(37)35-21/h5-7,10-12,14-15,17,19H,3-4,8-9,13,16,31H2,1-2H3,(H,32,33,34,36). The second-order valence-corrected chi connectivity index (χ2v) is 10.9. The Kier molecular flexibility index (Phi) is 5.33. The predicted octanol–water partition coefficient (Wildman–Crippen LogP) is 5.69. The van der Waals surface area contributed by atoms with Crippen molar-refractivity contribution in [1.82, 2.24) is 24.3 Å². The van der Waals surface area contributed by atoms with Crippen LogP contribution in [0.15, 0.2) is 55.2 Å². The number of fused-ring (bicyclic) bond motifs is 2. The van der Waals surface area contributed by atoms with Crippen LogP contribution in [0.2, 0.25) is 0 Å². The van der Waals surface area contributed by atoms with E-state index in [1.165, 1.54) is 54.3 Å². The molecule has 0 spiro atoms. The molecule has 0 radical (unpaired) electrons. The van der Waals surface area contributed by atoms with Crippen LogP contribution in [0, 0.1) is 6.92 Å². The Hall–Kier alpha value is -4.04. The van der Waals surface area contributed by atoms with E-state index >= 15 is 0 Å². The second kappa shape index (κ2) is 8.77. The number of rotatable bonds is 8. The van der Waals surface area contributed by atoms with Crippen molar-refractivity contribution in [3.05, 3.63) is 83.2 Å². The van der Waals surface area contributed by atoms with Gasteiger partial charge in [-0.25, -0.2) is 19.9 Å². The van der Waals surface area contributed by atoms with Crippen molar-refractivity contribution in [1.29, 1.82) is 0 Å². The molecule has 4 heterocycles. The van der Waals surface area contributed by atoms with E-state index in [1.54, 1.807) is 6.07 Å². The second-order valence-electron chi connectivity index (χ2n) is 10.9. The fraction of sp³-hybridized carbons (Fsp3) is 0.333. The smallest absolute Gasteiger partial charge is 0.218 e. The van der Waals surface area contributed by atoms with Crippen molar-refractivity contribution >= 4 is 28.1 Å². The molecule has 4 aromatic heterocycles. The number of hydrogen-bond donors (Lipinski definition) is 2. The summed E-state index contributed by atoms with van der Waals surface area (Å²) in [6.45, 7) is 5.34. The number of aryl methyl sites for hydroxylation is 1. The van der Waals surface area contributed by atoms with Crippen LogP contribution in [0.25, 0.3) is 16.4 Å². The van der Waals surface area contributed by atoms with Crippen LogP contribution in [0.3, 0.4) is 0 Å². The summed E-state index contributed by atoms with van der Waals surface area (Å²) in [4.78, 5) is 18.1. The van der Waals surface area contributed by atoms with Gasteiger partial charge in [-0.05, 0) is 89.8 Å². The van der Waals surface area contributed by atoms with Crippen LogP contribution in [0.5, 0.6) is 5.88 Å². The molecule has 3 N–H and O–H groups in total. The van der Waals surface area contributed by atoms with Gasteiger partial charge in [0.1, 0.15) is 30.2 Å². The van der Waals surface area contributed by atoms with E-state index in [1.807, 2.05) is 12.4 Å². The van der Waals surface area contributed by atoms with Crippen LogP contribution in [-0.2, 0) is 18.6 Å². The van der Waals surface area contributed by atoms with Gasteiger partial charge in [0.25, 0.3) is 0 Å². The van der Waals surface area contributed by atoms with Gasteiger partial charge in [-0.2, -0.15) is 0 Å². The molecular formula is C30H31N7O. The van der Waals surface area contributed by atoms with E-state index < -0.39 is 0 Å². The maximum absolute atomic E-state index is 6.19. The first kappa shape index (κ1) is 23.1. The fourth-order valence-electron chi connectivity index (χ4n) is 5.45. The van der Waals surface area contributed by atoms with Crippen LogP contribution in [-0.4, -0.2) is 24.3 Å². The highest BCUT2D eigenvalue weighted by Gasteiger charge is 2.41. The SMILES string of the molecule is Cc1c(CN)c(C2(C)CC2)cc2c(Nc3cc(OCc4cn5cc(C6CC6)ccc5n4)ncn3)nccc12. The molecule has 8 nitrogen and oxygen atoms in total. The Morgan fingerprint density at radius 3 is 2.74 bits per heavy atom. The van der Waals surface area contributed by atoms with Gasteiger partial charge < -0.3 is 20.2 Å². The van der Waals surface area contributed by atoms with Crippen LogP contribution in [0.4, 0.5) is 11.6 Å². The zero-order valence-corrected chi connectivity index (χ0v) is 21.7. The number of hydrogen-bond acceptors (Lipinski definition) is 7. The summed E-state index contributed by atoms with van der Waals surface area (Å²) in [7, 11) is 0. The summed E-state index contributed by atoms with van der Waals surface area (Å²) in [5, 5.41) is 5.62. The van der Waals surface area contributed by atoms with Gasteiger partial charge in [-0.3, -0.25) is 0 Å². The van der Waals surface area contributed by atoms with Crippen LogP contribution < -0.4 is 15.8 Å². The Balaban J connectivity index is 1.13. The molecule has 0 saturated heterocycles.